The summed E-state index contributed by atoms with van der Waals surface area (Å²) in [5, 5.41) is 0. The van der Waals surface area contributed by atoms with E-state index in [9.17, 15) is 0 Å². The second-order valence-electron chi connectivity index (χ2n) is 5.84. The molecule has 0 unspecified atom stereocenters. The van der Waals surface area contributed by atoms with Gasteiger partial charge < -0.3 is 9.80 Å². The molecule has 0 spiro atoms. The minimum Gasteiger partial charge on any atom is -0.378 e. The van der Waals surface area contributed by atoms with E-state index >= 15 is 0 Å². The molecular weight excluding hydrogens is 220 g/mol. The average Bonchev–Trinajstić information content (AvgIpc) is 2.38. The van der Waals surface area contributed by atoms with Gasteiger partial charge in [0.15, 0.2) is 0 Å². The predicted molar refractivity (Wildman–Crippen MR) is 79.3 cm³/mol. The summed E-state index contributed by atoms with van der Waals surface area (Å²) in [4.78, 5) is 4.76. The van der Waals surface area contributed by atoms with Crippen LogP contribution in [0.3, 0.4) is 0 Å². The van der Waals surface area contributed by atoms with Gasteiger partial charge in [0.1, 0.15) is 0 Å². The fourth-order valence-corrected chi connectivity index (χ4v) is 2.53. The zero-order valence-corrected chi connectivity index (χ0v) is 12.0. The third kappa shape index (κ3) is 3.74. The molecule has 0 atom stereocenters. The molecule has 1 aromatic rings. The summed E-state index contributed by atoms with van der Waals surface area (Å²) < 4.78 is 0. The van der Waals surface area contributed by atoms with E-state index < -0.39 is 0 Å². The number of anilines is 1. The van der Waals surface area contributed by atoms with Crippen molar-refractivity contribution in [1.29, 1.82) is 0 Å². The van der Waals surface area contributed by atoms with Crippen LogP contribution >= 0.6 is 0 Å². The highest BCUT2D eigenvalue weighted by Crippen LogP contribution is 2.17. The number of likely N-dealkylation sites (tertiary alicyclic amines) is 1. The Morgan fingerprint density at radius 2 is 1.72 bits per heavy atom. The van der Waals surface area contributed by atoms with Gasteiger partial charge in [-0.3, -0.25) is 0 Å². The van der Waals surface area contributed by atoms with E-state index in [0.29, 0.717) is 0 Å². The summed E-state index contributed by atoms with van der Waals surface area (Å²) in [5.74, 6) is 0.931. The summed E-state index contributed by atoms with van der Waals surface area (Å²) in [6, 6.07) is 8.96. The third-order valence-corrected chi connectivity index (χ3v) is 4.05. The van der Waals surface area contributed by atoms with Gasteiger partial charge in [-0.1, -0.05) is 19.1 Å². The first-order chi connectivity index (χ1) is 8.65. The maximum atomic E-state index is 2.61. The first kappa shape index (κ1) is 13.4. The third-order valence-electron chi connectivity index (χ3n) is 4.05. The Morgan fingerprint density at radius 1 is 1.11 bits per heavy atom. The minimum absolute atomic E-state index is 0.931. The van der Waals surface area contributed by atoms with Crippen molar-refractivity contribution in [3.05, 3.63) is 29.8 Å². The number of hydrogen-bond donors (Lipinski definition) is 0. The van der Waals surface area contributed by atoms with Crippen LogP contribution in [0.2, 0.25) is 0 Å². The molecule has 1 aliphatic rings. The molecule has 18 heavy (non-hydrogen) atoms. The van der Waals surface area contributed by atoms with E-state index in [0.717, 1.165) is 5.92 Å². The van der Waals surface area contributed by atoms with Crippen molar-refractivity contribution < 1.29 is 0 Å². The molecule has 0 aromatic heterocycles. The van der Waals surface area contributed by atoms with Gasteiger partial charge in [-0.05, 0) is 56.0 Å². The molecule has 1 aliphatic heterocycles. The fraction of sp³-hybridized carbons (Fsp3) is 0.625. The summed E-state index contributed by atoms with van der Waals surface area (Å²) in [5.41, 5.74) is 2.74. The molecule has 1 saturated heterocycles. The van der Waals surface area contributed by atoms with Crippen LogP contribution < -0.4 is 4.90 Å². The highest BCUT2D eigenvalue weighted by atomic mass is 15.1. The van der Waals surface area contributed by atoms with Crippen molar-refractivity contribution >= 4 is 5.69 Å². The summed E-state index contributed by atoms with van der Waals surface area (Å²) in [7, 11) is 4.17. The van der Waals surface area contributed by atoms with Gasteiger partial charge in [0.2, 0.25) is 0 Å². The van der Waals surface area contributed by atoms with Crippen LogP contribution in [0.1, 0.15) is 25.3 Å². The molecule has 0 bridgehead atoms. The molecule has 0 radical (unpaired) electrons. The Labute approximate surface area is 112 Å². The average molecular weight is 246 g/mol. The lowest BCUT2D eigenvalue weighted by molar-refractivity contribution is 0.194. The Hall–Kier alpha value is -1.02. The predicted octanol–water partition coefficient (Wildman–Crippen LogP) is 3.03. The number of piperidine rings is 1. The van der Waals surface area contributed by atoms with Crippen LogP contribution in [0.4, 0.5) is 5.69 Å². The van der Waals surface area contributed by atoms with Crippen molar-refractivity contribution in [2.45, 2.75) is 26.2 Å². The molecule has 0 amide bonds. The van der Waals surface area contributed by atoms with Crippen LogP contribution in [0.5, 0.6) is 0 Å². The fourth-order valence-electron chi connectivity index (χ4n) is 2.53. The van der Waals surface area contributed by atoms with Gasteiger partial charge in [0.25, 0.3) is 0 Å². The monoisotopic (exact) mass is 246 g/mol. The smallest absolute Gasteiger partial charge is 0.0361 e. The molecule has 0 N–H and O–H groups in total. The number of nitrogens with zero attached hydrogens (tertiary/aromatic N) is 2. The second kappa shape index (κ2) is 6.24. The van der Waals surface area contributed by atoms with Gasteiger partial charge in [-0.2, -0.15) is 0 Å². The summed E-state index contributed by atoms with van der Waals surface area (Å²) in [6.07, 6.45) is 3.93. The number of benzene rings is 1. The van der Waals surface area contributed by atoms with E-state index in [1.807, 2.05) is 0 Å². The van der Waals surface area contributed by atoms with E-state index in [4.69, 9.17) is 0 Å². The zero-order chi connectivity index (χ0) is 13.0. The highest BCUT2D eigenvalue weighted by Gasteiger charge is 2.14. The van der Waals surface area contributed by atoms with Crippen molar-refractivity contribution in [1.82, 2.24) is 4.90 Å². The van der Waals surface area contributed by atoms with Crippen LogP contribution in [-0.2, 0) is 6.42 Å². The minimum atomic E-state index is 0.931. The lowest BCUT2D eigenvalue weighted by Crippen LogP contribution is -2.34. The van der Waals surface area contributed by atoms with Crippen molar-refractivity contribution in [2.24, 2.45) is 5.92 Å². The van der Waals surface area contributed by atoms with Gasteiger partial charge >= 0.3 is 0 Å². The van der Waals surface area contributed by atoms with E-state index in [1.165, 1.54) is 50.1 Å². The molecule has 2 rings (SSSR count). The number of hydrogen-bond acceptors (Lipinski definition) is 2. The van der Waals surface area contributed by atoms with Gasteiger partial charge in [0, 0.05) is 26.3 Å². The standard InChI is InChI=1S/C16H26N2/c1-14-8-11-18(12-9-14)13-10-15-4-6-16(7-5-15)17(2)3/h4-7,14H,8-13H2,1-3H3. The highest BCUT2D eigenvalue weighted by molar-refractivity contribution is 5.46. The van der Waals surface area contributed by atoms with E-state index in [1.54, 1.807) is 0 Å². The number of rotatable bonds is 4. The van der Waals surface area contributed by atoms with Gasteiger partial charge in [-0.25, -0.2) is 0 Å². The molecule has 100 valence electrons. The molecule has 1 fully saturated rings. The maximum Gasteiger partial charge on any atom is 0.0361 e. The zero-order valence-electron chi connectivity index (χ0n) is 12.0. The summed E-state index contributed by atoms with van der Waals surface area (Å²) in [6.45, 7) is 6.17. The summed E-state index contributed by atoms with van der Waals surface area (Å²) >= 11 is 0. The van der Waals surface area contributed by atoms with Crippen molar-refractivity contribution in [3.8, 4) is 0 Å². The van der Waals surface area contributed by atoms with Crippen molar-refractivity contribution in [3.63, 3.8) is 0 Å². The van der Waals surface area contributed by atoms with Crippen LogP contribution in [-0.4, -0.2) is 38.6 Å². The SMILES string of the molecule is CC1CCN(CCc2ccc(N(C)C)cc2)CC1. The molecule has 1 heterocycles. The largest absolute Gasteiger partial charge is 0.378 e. The Morgan fingerprint density at radius 3 is 2.28 bits per heavy atom. The lowest BCUT2D eigenvalue weighted by Gasteiger charge is -2.30. The van der Waals surface area contributed by atoms with Crippen LogP contribution in [0, 0.1) is 5.92 Å². The molecule has 0 saturated carbocycles. The Kier molecular flexibility index (Phi) is 4.65. The molecule has 1 aromatic carbocycles. The van der Waals surface area contributed by atoms with E-state index in [-0.39, 0.29) is 0 Å². The van der Waals surface area contributed by atoms with Gasteiger partial charge in [-0.15, -0.1) is 0 Å². The second-order valence-corrected chi connectivity index (χ2v) is 5.84. The molecule has 2 heteroatoms. The normalized spacial score (nSPS) is 17.9. The lowest BCUT2D eigenvalue weighted by atomic mass is 9.99. The Balaban J connectivity index is 1.79. The first-order valence-electron chi connectivity index (χ1n) is 7.14. The quantitative estimate of drug-likeness (QED) is 0.806. The van der Waals surface area contributed by atoms with E-state index in [2.05, 4.69) is 55.1 Å². The molecular formula is C16H26N2. The van der Waals surface area contributed by atoms with Crippen LogP contribution in [0.15, 0.2) is 24.3 Å². The van der Waals surface area contributed by atoms with Gasteiger partial charge in [0.05, 0.1) is 0 Å². The van der Waals surface area contributed by atoms with Crippen LogP contribution in [0.25, 0.3) is 0 Å². The maximum absolute atomic E-state index is 2.61. The van der Waals surface area contributed by atoms with Crippen molar-refractivity contribution in [2.75, 3.05) is 38.6 Å². The molecule has 2 nitrogen and oxygen atoms in total. The molecule has 0 aliphatic carbocycles. The topological polar surface area (TPSA) is 6.48 Å². The first-order valence-corrected chi connectivity index (χ1v) is 7.14. The Bertz CT molecular complexity index is 348.